The molecule has 0 aliphatic heterocycles. The summed E-state index contributed by atoms with van der Waals surface area (Å²) >= 11 is 7.02. The van der Waals surface area contributed by atoms with Gasteiger partial charge in [0, 0.05) is 18.5 Å². The molecule has 0 unspecified atom stereocenters. The van der Waals surface area contributed by atoms with Crippen LogP contribution in [0.3, 0.4) is 0 Å². The number of halogens is 4. The lowest BCUT2D eigenvalue weighted by Gasteiger charge is -2.09. The SMILES string of the molecule is Cc1ccccc1CC(=O)NCCSc1ncc(C(F)(F)F)cc1Cl. The maximum absolute atomic E-state index is 12.5. The Morgan fingerprint density at radius 3 is 2.68 bits per heavy atom. The van der Waals surface area contributed by atoms with Crippen LogP contribution in [0.1, 0.15) is 16.7 Å². The third kappa shape index (κ3) is 5.93. The number of nitrogens with one attached hydrogen (secondary N) is 1. The molecule has 1 aromatic heterocycles. The first-order valence-electron chi connectivity index (χ1n) is 7.44. The van der Waals surface area contributed by atoms with Crippen LogP contribution in [-0.4, -0.2) is 23.2 Å². The molecule has 0 saturated carbocycles. The van der Waals surface area contributed by atoms with Crippen LogP contribution in [-0.2, 0) is 17.4 Å². The summed E-state index contributed by atoms with van der Waals surface area (Å²) in [5, 5.41) is 3.03. The fourth-order valence-electron chi connectivity index (χ4n) is 2.07. The van der Waals surface area contributed by atoms with E-state index >= 15 is 0 Å². The number of carbonyl (C=O) groups is 1. The second-order valence-corrected chi connectivity index (χ2v) is 6.80. The van der Waals surface area contributed by atoms with Gasteiger partial charge in [-0.15, -0.1) is 11.8 Å². The average Bonchev–Trinajstić information content (AvgIpc) is 2.54. The highest BCUT2D eigenvalue weighted by Crippen LogP contribution is 2.33. The van der Waals surface area contributed by atoms with Gasteiger partial charge in [-0.25, -0.2) is 4.98 Å². The molecule has 0 atom stereocenters. The second kappa shape index (κ2) is 8.58. The van der Waals surface area contributed by atoms with Crippen molar-refractivity contribution in [1.82, 2.24) is 10.3 Å². The zero-order chi connectivity index (χ0) is 18.4. The Balaban J connectivity index is 1.79. The predicted octanol–water partition coefficient (Wildman–Crippen LogP) is 4.51. The number of aromatic nitrogens is 1. The van der Waals surface area contributed by atoms with E-state index in [0.717, 1.165) is 23.4 Å². The molecular weight excluding hydrogens is 373 g/mol. The third-order valence-electron chi connectivity index (χ3n) is 3.41. The summed E-state index contributed by atoms with van der Waals surface area (Å²) in [7, 11) is 0. The van der Waals surface area contributed by atoms with E-state index in [1.807, 2.05) is 31.2 Å². The largest absolute Gasteiger partial charge is 0.417 e. The van der Waals surface area contributed by atoms with Crippen molar-refractivity contribution in [3.05, 3.63) is 58.2 Å². The molecule has 0 fully saturated rings. The molecule has 1 N–H and O–H groups in total. The van der Waals surface area contributed by atoms with Gasteiger partial charge in [-0.05, 0) is 24.1 Å². The average molecular weight is 389 g/mol. The number of aryl methyl sites for hydroxylation is 1. The minimum atomic E-state index is -4.47. The number of benzene rings is 1. The van der Waals surface area contributed by atoms with Crippen LogP contribution >= 0.6 is 23.4 Å². The normalized spacial score (nSPS) is 11.4. The van der Waals surface area contributed by atoms with Crippen molar-refractivity contribution in [3.63, 3.8) is 0 Å². The Labute approximate surface area is 153 Å². The maximum Gasteiger partial charge on any atom is 0.417 e. The minimum absolute atomic E-state index is 0.0499. The maximum atomic E-state index is 12.5. The molecule has 0 saturated heterocycles. The summed E-state index contributed by atoms with van der Waals surface area (Å²) < 4.78 is 37.6. The van der Waals surface area contributed by atoms with E-state index in [1.54, 1.807) is 0 Å². The molecule has 25 heavy (non-hydrogen) atoms. The fraction of sp³-hybridized carbons (Fsp3) is 0.294. The van der Waals surface area contributed by atoms with Gasteiger partial charge in [-0.3, -0.25) is 4.79 Å². The topological polar surface area (TPSA) is 42.0 Å². The number of amides is 1. The molecule has 3 nitrogen and oxygen atoms in total. The molecule has 2 aromatic rings. The number of rotatable bonds is 6. The van der Waals surface area contributed by atoms with Crippen molar-refractivity contribution < 1.29 is 18.0 Å². The zero-order valence-corrected chi connectivity index (χ0v) is 14.9. The lowest BCUT2D eigenvalue weighted by Crippen LogP contribution is -2.27. The summed E-state index contributed by atoms with van der Waals surface area (Å²) in [6, 6.07) is 8.48. The van der Waals surface area contributed by atoms with Crippen molar-refractivity contribution in [1.29, 1.82) is 0 Å². The predicted molar refractivity (Wildman–Crippen MR) is 92.9 cm³/mol. The minimum Gasteiger partial charge on any atom is -0.355 e. The van der Waals surface area contributed by atoms with Crippen molar-refractivity contribution in [2.75, 3.05) is 12.3 Å². The molecule has 134 valence electrons. The molecule has 1 heterocycles. The van der Waals surface area contributed by atoms with E-state index in [9.17, 15) is 18.0 Å². The lowest BCUT2D eigenvalue weighted by molar-refractivity contribution is -0.137. The quantitative estimate of drug-likeness (QED) is 0.584. The molecule has 1 amide bonds. The van der Waals surface area contributed by atoms with Crippen LogP contribution in [0.15, 0.2) is 41.6 Å². The van der Waals surface area contributed by atoms with Gasteiger partial charge in [0.25, 0.3) is 0 Å². The molecule has 0 aliphatic rings. The lowest BCUT2D eigenvalue weighted by atomic mass is 10.1. The second-order valence-electron chi connectivity index (χ2n) is 5.31. The summed E-state index contributed by atoms with van der Waals surface area (Å²) in [6.45, 7) is 2.31. The van der Waals surface area contributed by atoms with Crippen LogP contribution < -0.4 is 5.32 Å². The summed E-state index contributed by atoms with van der Waals surface area (Å²) in [5.74, 6) is 0.346. The Kier molecular flexibility index (Phi) is 6.72. The number of hydrogen-bond donors (Lipinski definition) is 1. The van der Waals surface area contributed by atoms with Gasteiger partial charge in [0.2, 0.25) is 5.91 Å². The monoisotopic (exact) mass is 388 g/mol. The summed E-state index contributed by atoms with van der Waals surface area (Å²) in [6.07, 6.45) is -3.43. The molecule has 0 aliphatic carbocycles. The summed E-state index contributed by atoms with van der Waals surface area (Å²) in [5.41, 5.74) is 1.13. The van der Waals surface area contributed by atoms with Crippen molar-refractivity contribution in [3.8, 4) is 0 Å². The van der Waals surface area contributed by atoms with Gasteiger partial charge in [-0.1, -0.05) is 35.9 Å². The van der Waals surface area contributed by atoms with E-state index in [-0.39, 0.29) is 17.4 Å². The van der Waals surface area contributed by atoms with Gasteiger partial charge in [0.05, 0.1) is 17.0 Å². The molecule has 2 rings (SSSR count). The van der Waals surface area contributed by atoms with Crippen molar-refractivity contribution >= 4 is 29.3 Å². The Bertz CT molecular complexity index is 753. The van der Waals surface area contributed by atoms with E-state index in [1.165, 1.54) is 11.8 Å². The van der Waals surface area contributed by atoms with E-state index < -0.39 is 11.7 Å². The smallest absolute Gasteiger partial charge is 0.355 e. The third-order valence-corrected chi connectivity index (χ3v) is 4.82. The summed E-state index contributed by atoms with van der Waals surface area (Å²) in [4.78, 5) is 15.6. The Morgan fingerprint density at radius 1 is 1.32 bits per heavy atom. The van der Waals surface area contributed by atoms with Gasteiger partial charge >= 0.3 is 6.18 Å². The van der Waals surface area contributed by atoms with Crippen LogP contribution in [0.2, 0.25) is 5.02 Å². The van der Waals surface area contributed by atoms with Crippen LogP contribution in [0.5, 0.6) is 0 Å². The first-order valence-corrected chi connectivity index (χ1v) is 8.80. The van der Waals surface area contributed by atoms with E-state index in [2.05, 4.69) is 10.3 Å². The highest BCUT2D eigenvalue weighted by atomic mass is 35.5. The fourth-order valence-corrected chi connectivity index (χ4v) is 3.12. The zero-order valence-electron chi connectivity index (χ0n) is 13.4. The molecule has 0 spiro atoms. The van der Waals surface area contributed by atoms with Crippen LogP contribution in [0.4, 0.5) is 13.2 Å². The first-order chi connectivity index (χ1) is 11.8. The van der Waals surface area contributed by atoms with Gasteiger partial charge in [-0.2, -0.15) is 13.2 Å². The number of hydrogen-bond acceptors (Lipinski definition) is 3. The highest BCUT2D eigenvalue weighted by Gasteiger charge is 2.31. The van der Waals surface area contributed by atoms with Gasteiger partial charge < -0.3 is 5.32 Å². The number of carbonyl (C=O) groups excluding carboxylic acids is 1. The molecule has 0 radical (unpaired) electrons. The number of thioether (sulfide) groups is 1. The standard InChI is InChI=1S/C17H16ClF3N2OS/c1-11-4-2-3-5-12(11)8-15(24)22-6-7-25-16-14(18)9-13(10-23-16)17(19,20)21/h2-5,9-10H,6-8H2,1H3,(H,22,24). The Morgan fingerprint density at radius 2 is 2.04 bits per heavy atom. The molecule has 1 aromatic carbocycles. The number of nitrogens with zero attached hydrogens (tertiary/aromatic N) is 1. The van der Waals surface area contributed by atoms with Crippen molar-refractivity contribution in [2.24, 2.45) is 0 Å². The first kappa shape index (κ1) is 19.6. The number of pyridine rings is 1. The van der Waals surface area contributed by atoms with Gasteiger partial charge in [0.1, 0.15) is 5.03 Å². The van der Waals surface area contributed by atoms with E-state index in [4.69, 9.17) is 11.6 Å². The van der Waals surface area contributed by atoms with Gasteiger partial charge in [0.15, 0.2) is 0 Å². The highest BCUT2D eigenvalue weighted by molar-refractivity contribution is 7.99. The number of alkyl halides is 3. The molecule has 8 heteroatoms. The van der Waals surface area contributed by atoms with Crippen molar-refractivity contribution in [2.45, 2.75) is 24.5 Å². The van der Waals surface area contributed by atoms with E-state index in [0.29, 0.717) is 17.3 Å². The van der Waals surface area contributed by atoms with Crippen LogP contribution in [0.25, 0.3) is 0 Å². The molecule has 0 bridgehead atoms. The van der Waals surface area contributed by atoms with Crippen LogP contribution in [0, 0.1) is 6.92 Å². The molecular formula is C17H16ClF3N2OS. The Hall–Kier alpha value is -1.73.